The minimum absolute atomic E-state index is 0.0958. The summed E-state index contributed by atoms with van der Waals surface area (Å²) in [5, 5.41) is 0. The first kappa shape index (κ1) is 13.1. The Bertz CT molecular complexity index is 219. The number of likely N-dealkylation sites (N-methyl/N-ethyl adjacent to an activating group) is 1. The topological polar surface area (TPSA) is 46.3 Å². The Morgan fingerprint density at radius 1 is 1.43 bits per heavy atom. The zero-order valence-electron chi connectivity index (χ0n) is 9.23. The first-order chi connectivity index (χ1) is 6.63. The smallest absolute Gasteiger partial charge is 0.172 e. The molecule has 0 bridgehead atoms. The van der Waals surface area contributed by atoms with Crippen LogP contribution in [0.15, 0.2) is 24.3 Å². The van der Waals surface area contributed by atoms with Gasteiger partial charge >= 0.3 is 0 Å². The van der Waals surface area contributed by atoms with Crippen molar-refractivity contribution in [3.8, 4) is 0 Å². The predicted molar refractivity (Wildman–Crippen MR) is 60.1 cm³/mol. The summed E-state index contributed by atoms with van der Waals surface area (Å²) >= 11 is 0. The fourth-order valence-corrected chi connectivity index (χ4v) is 1.19. The van der Waals surface area contributed by atoms with Crippen LogP contribution in [0.3, 0.4) is 0 Å². The molecule has 1 unspecified atom stereocenters. The molecule has 3 nitrogen and oxygen atoms in total. The van der Waals surface area contributed by atoms with Gasteiger partial charge < -0.3 is 5.73 Å². The normalized spacial score (nSPS) is 14.4. The summed E-state index contributed by atoms with van der Waals surface area (Å²) in [7, 11) is 3.78. The second-order valence-electron chi connectivity index (χ2n) is 3.34. The van der Waals surface area contributed by atoms with Crippen molar-refractivity contribution < 1.29 is 4.79 Å². The number of carbonyl (C=O) groups excluding carboxylic acids is 1. The molecule has 0 heterocycles. The Labute approximate surface area is 86.3 Å². The third-order valence-electron chi connectivity index (χ3n) is 1.96. The minimum atomic E-state index is -0.0958. The molecular weight excluding hydrogens is 176 g/mol. The molecule has 14 heavy (non-hydrogen) atoms. The van der Waals surface area contributed by atoms with Gasteiger partial charge in [-0.15, -0.1) is 0 Å². The number of hydrogen-bond acceptors (Lipinski definition) is 3. The lowest BCUT2D eigenvalue weighted by Gasteiger charge is -2.20. The molecule has 80 valence electrons. The second kappa shape index (κ2) is 7.47. The molecule has 0 aromatic rings. The summed E-state index contributed by atoms with van der Waals surface area (Å²) in [6.45, 7) is 2.45. The van der Waals surface area contributed by atoms with Crippen molar-refractivity contribution in [3.05, 3.63) is 24.3 Å². The lowest BCUT2D eigenvalue weighted by Crippen LogP contribution is -2.36. The van der Waals surface area contributed by atoms with Crippen LogP contribution in [-0.2, 0) is 4.79 Å². The fourth-order valence-electron chi connectivity index (χ4n) is 1.19. The van der Waals surface area contributed by atoms with Crippen LogP contribution < -0.4 is 5.73 Å². The van der Waals surface area contributed by atoms with E-state index in [4.69, 9.17) is 5.73 Å². The van der Waals surface area contributed by atoms with E-state index in [0.717, 1.165) is 0 Å². The van der Waals surface area contributed by atoms with Crippen LogP contribution in [0.4, 0.5) is 0 Å². The molecule has 0 aliphatic heterocycles. The van der Waals surface area contributed by atoms with Gasteiger partial charge in [-0.05, 0) is 40.1 Å². The largest absolute Gasteiger partial charge is 0.330 e. The maximum atomic E-state index is 11.6. The van der Waals surface area contributed by atoms with Crippen LogP contribution in [0.2, 0.25) is 0 Å². The van der Waals surface area contributed by atoms with E-state index in [1.165, 1.54) is 0 Å². The number of rotatable bonds is 6. The van der Waals surface area contributed by atoms with Crippen molar-refractivity contribution in [2.75, 3.05) is 20.6 Å². The highest BCUT2D eigenvalue weighted by Gasteiger charge is 2.16. The van der Waals surface area contributed by atoms with E-state index in [9.17, 15) is 4.79 Å². The fraction of sp³-hybridized carbons (Fsp3) is 0.545. The lowest BCUT2D eigenvalue weighted by molar-refractivity contribution is -0.118. The van der Waals surface area contributed by atoms with Gasteiger partial charge in [0.1, 0.15) is 0 Å². The average molecular weight is 196 g/mol. The molecule has 1 atom stereocenters. The van der Waals surface area contributed by atoms with Gasteiger partial charge in [-0.1, -0.05) is 18.2 Å². The van der Waals surface area contributed by atoms with Crippen molar-refractivity contribution >= 4 is 5.78 Å². The number of ketones is 1. The Kier molecular flexibility index (Phi) is 6.98. The number of allylic oxidation sites excluding steroid dienone is 3. The molecule has 0 fully saturated rings. The van der Waals surface area contributed by atoms with Gasteiger partial charge in [-0.2, -0.15) is 0 Å². The Hall–Kier alpha value is -0.930. The molecule has 0 radical (unpaired) electrons. The maximum absolute atomic E-state index is 11.6. The third-order valence-corrected chi connectivity index (χ3v) is 1.96. The van der Waals surface area contributed by atoms with Gasteiger partial charge in [0.15, 0.2) is 5.78 Å². The molecule has 0 amide bonds. The van der Waals surface area contributed by atoms with Crippen molar-refractivity contribution in [1.29, 1.82) is 0 Å². The van der Waals surface area contributed by atoms with E-state index in [-0.39, 0.29) is 11.8 Å². The molecule has 2 N–H and O–H groups in total. The number of nitrogens with zero attached hydrogens (tertiary/aromatic N) is 1. The van der Waals surface area contributed by atoms with Crippen LogP contribution in [0, 0.1) is 0 Å². The Morgan fingerprint density at radius 2 is 2.07 bits per heavy atom. The van der Waals surface area contributed by atoms with Crippen LogP contribution in [0.25, 0.3) is 0 Å². The van der Waals surface area contributed by atoms with E-state index in [2.05, 4.69) is 0 Å². The summed E-state index contributed by atoms with van der Waals surface area (Å²) in [5.41, 5.74) is 5.44. The second-order valence-corrected chi connectivity index (χ2v) is 3.34. The molecule has 0 rings (SSSR count). The first-order valence-electron chi connectivity index (χ1n) is 4.83. The van der Waals surface area contributed by atoms with E-state index in [0.29, 0.717) is 13.0 Å². The molecule has 0 saturated heterocycles. The van der Waals surface area contributed by atoms with Crippen molar-refractivity contribution in [3.63, 3.8) is 0 Å². The van der Waals surface area contributed by atoms with Crippen LogP contribution in [-0.4, -0.2) is 37.4 Å². The molecule has 3 heteroatoms. The van der Waals surface area contributed by atoms with Gasteiger partial charge in [0.25, 0.3) is 0 Å². The Morgan fingerprint density at radius 3 is 2.50 bits per heavy atom. The zero-order valence-corrected chi connectivity index (χ0v) is 9.23. The molecule has 0 aromatic heterocycles. The average Bonchev–Trinajstić information content (AvgIpc) is 2.13. The number of carbonyl (C=O) groups is 1. The van der Waals surface area contributed by atoms with Gasteiger partial charge in [0.05, 0.1) is 6.04 Å². The molecular formula is C11H20N2O. The standard InChI is InChI=1S/C11H20N2O/c1-4-5-6-7-11(14)10(8-9-12)13(2)3/h4-7,10H,8-9,12H2,1-3H3/b5-4+,7-6+. The Balaban J connectivity index is 4.28. The van der Waals surface area contributed by atoms with E-state index in [1.54, 1.807) is 12.2 Å². The first-order valence-corrected chi connectivity index (χ1v) is 4.83. The van der Waals surface area contributed by atoms with Gasteiger partial charge in [0.2, 0.25) is 0 Å². The highest BCUT2D eigenvalue weighted by Crippen LogP contribution is 2.01. The summed E-state index contributed by atoms with van der Waals surface area (Å²) in [5.74, 6) is 0.110. The SMILES string of the molecule is C/C=C/C=C/C(=O)C(CCN)N(C)C. The maximum Gasteiger partial charge on any atom is 0.172 e. The van der Waals surface area contributed by atoms with Crippen molar-refractivity contribution in [2.24, 2.45) is 5.73 Å². The molecule has 0 aromatic carbocycles. The lowest BCUT2D eigenvalue weighted by atomic mass is 10.1. The number of nitrogens with two attached hydrogens (primary N) is 1. The van der Waals surface area contributed by atoms with Gasteiger partial charge in [0, 0.05) is 0 Å². The molecule has 0 aliphatic rings. The van der Waals surface area contributed by atoms with Gasteiger partial charge in [-0.25, -0.2) is 0 Å². The number of hydrogen-bond donors (Lipinski definition) is 1. The predicted octanol–water partition coefficient (Wildman–Crippen LogP) is 0.967. The summed E-state index contributed by atoms with van der Waals surface area (Å²) in [6.07, 6.45) is 7.78. The highest BCUT2D eigenvalue weighted by atomic mass is 16.1. The van der Waals surface area contributed by atoms with E-state index < -0.39 is 0 Å². The zero-order chi connectivity index (χ0) is 11.0. The summed E-state index contributed by atoms with van der Waals surface area (Å²) < 4.78 is 0. The summed E-state index contributed by atoms with van der Waals surface area (Å²) in [6, 6.07) is -0.0958. The molecule has 0 saturated carbocycles. The van der Waals surface area contributed by atoms with E-state index >= 15 is 0 Å². The third kappa shape index (κ3) is 4.94. The highest BCUT2D eigenvalue weighted by molar-refractivity contribution is 5.94. The van der Waals surface area contributed by atoms with Crippen LogP contribution in [0.1, 0.15) is 13.3 Å². The monoisotopic (exact) mass is 196 g/mol. The molecule has 0 aliphatic carbocycles. The van der Waals surface area contributed by atoms with Crippen LogP contribution >= 0.6 is 0 Å². The van der Waals surface area contributed by atoms with Crippen molar-refractivity contribution in [2.45, 2.75) is 19.4 Å². The summed E-state index contributed by atoms with van der Waals surface area (Å²) in [4.78, 5) is 13.5. The van der Waals surface area contributed by atoms with Gasteiger partial charge in [-0.3, -0.25) is 9.69 Å². The quantitative estimate of drug-likeness (QED) is 0.508. The van der Waals surface area contributed by atoms with E-state index in [1.807, 2.05) is 38.1 Å². The molecule has 0 spiro atoms. The van der Waals surface area contributed by atoms with Crippen molar-refractivity contribution in [1.82, 2.24) is 4.90 Å². The van der Waals surface area contributed by atoms with Crippen LogP contribution in [0.5, 0.6) is 0 Å². The minimum Gasteiger partial charge on any atom is -0.330 e.